The van der Waals surface area contributed by atoms with Gasteiger partial charge in [0, 0.05) is 19.0 Å². The molecular weight excluding hydrogens is 325 g/mol. The quantitative estimate of drug-likeness (QED) is 0.903. The van der Waals surface area contributed by atoms with Gasteiger partial charge in [-0.25, -0.2) is 4.39 Å². The van der Waals surface area contributed by atoms with Gasteiger partial charge in [0.05, 0.1) is 24.4 Å². The zero-order chi connectivity index (χ0) is 18.0. The van der Waals surface area contributed by atoms with Crippen LogP contribution >= 0.6 is 0 Å². The molecule has 134 valence electrons. The maximum atomic E-state index is 13.5. The van der Waals surface area contributed by atoms with E-state index < -0.39 is 5.82 Å². The average Bonchev–Trinajstić information content (AvgIpc) is 2.99. The van der Waals surface area contributed by atoms with Crippen molar-refractivity contribution in [1.82, 2.24) is 15.1 Å². The number of hydrogen-bond acceptors (Lipinski definition) is 4. The van der Waals surface area contributed by atoms with E-state index in [1.807, 2.05) is 13.8 Å². The zero-order valence-corrected chi connectivity index (χ0v) is 14.6. The van der Waals surface area contributed by atoms with Gasteiger partial charge < -0.3 is 14.4 Å². The minimum absolute atomic E-state index is 0.0429. The Hall–Kier alpha value is -2.41. The molecular formula is C18H22FN3O3. The summed E-state index contributed by atoms with van der Waals surface area (Å²) < 4.78 is 24.7. The molecule has 0 bridgehead atoms. The number of fused-ring (bicyclic) bond motifs is 1. The molecule has 0 radical (unpaired) electrons. The van der Waals surface area contributed by atoms with Crippen LogP contribution in [0.3, 0.4) is 0 Å². The Bertz CT molecular complexity index is 762. The van der Waals surface area contributed by atoms with Crippen molar-refractivity contribution >= 4 is 5.91 Å². The summed E-state index contributed by atoms with van der Waals surface area (Å²) in [5, 5.41) is 7.11. The van der Waals surface area contributed by atoms with E-state index in [9.17, 15) is 9.18 Å². The first-order chi connectivity index (χ1) is 12.0. The summed E-state index contributed by atoms with van der Waals surface area (Å²) in [5.74, 6) is -0.419. The van der Waals surface area contributed by atoms with E-state index in [2.05, 4.69) is 10.2 Å². The van der Waals surface area contributed by atoms with Crippen LogP contribution in [0.15, 0.2) is 24.3 Å². The fourth-order valence-corrected chi connectivity index (χ4v) is 2.99. The molecule has 1 aliphatic rings. The molecule has 1 aliphatic heterocycles. The van der Waals surface area contributed by atoms with Gasteiger partial charge in [0.1, 0.15) is 6.61 Å². The van der Waals surface area contributed by atoms with Crippen molar-refractivity contribution < 1.29 is 18.7 Å². The van der Waals surface area contributed by atoms with Crippen molar-refractivity contribution in [2.24, 2.45) is 0 Å². The number of amides is 1. The second-order valence-corrected chi connectivity index (χ2v) is 6.26. The summed E-state index contributed by atoms with van der Waals surface area (Å²) in [5.41, 5.74) is 2.20. The number of para-hydroxylation sites is 1. The Kier molecular flexibility index (Phi) is 5.03. The van der Waals surface area contributed by atoms with Crippen LogP contribution in [0.25, 0.3) is 0 Å². The topological polar surface area (TPSA) is 67.5 Å². The fourth-order valence-electron chi connectivity index (χ4n) is 2.99. The number of ether oxygens (including phenoxy) is 2. The van der Waals surface area contributed by atoms with E-state index in [4.69, 9.17) is 9.47 Å². The molecule has 0 fully saturated rings. The van der Waals surface area contributed by atoms with Gasteiger partial charge in [0.15, 0.2) is 17.3 Å². The minimum atomic E-state index is -0.416. The molecule has 25 heavy (non-hydrogen) atoms. The Labute approximate surface area is 145 Å². The highest BCUT2D eigenvalue weighted by atomic mass is 19.1. The molecule has 3 rings (SSSR count). The molecule has 2 atom stereocenters. The number of nitrogens with one attached hydrogen (secondary N) is 1. The highest BCUT2D eigenvalue weighted by Gasteiger charge is 2.30. The molecule has 1 amide bonds. The third-order valence-corrected chi connectivity index (χ3v) is 4.30. The van der Waals surface area contributed by atoms with Gasteiger partial charge in [0.2, 0.25) is 0 Å². The second kappa shape index (κ2) is 7.23. The Morgan fingerprint density at radius 1 is 1.44 bits per heavy atom. The number of carbonyl (C=O) groups excluding carboxylic acids is 1. The van der Waals surface area contributed by atoms with Gasteiger partial charge in [-0.15, -0.1) is 0 Å². The third-order valence-electron chi connectivity index (χ3n) is 4.30. The summed E-state index contributed by atoms with van der Waals surface area (Å²) in [4.78, 5) is 14.2. The van der Waals surface area contributed by atoms with Crippen LogP contribution in [0.1, 0.15) is 41.7 Å². The summed E-state index contributed by atoms with van der Waals surface area (Å²) >= 11 is 0. The number of aromatic nitrogens is 2. The predicted octanol–water partition coefficient (Wildman–Crippen LogP) is 2.72. The number of benzene rings is 1. The van der Waals surface area contributed by atoms with Gasteiger partial charge in [-0.1, -0.05) is 12.1 Å². The Balaban J connectivity index is 1.63. The average molecular weight is 347 g/mol. The lowest BCUT2D eigenvalue weighted by molar-refractivity contribution is -0.00701. The van der Waals surface area contributed by atoms with Crippen molar-refractivity contribution in [1.29, 1.82) is 0 Å². The fraction of sp³-hybridized carbons (Fsp3) is 0.444. The van der Waals surface area contributed by atoms with E-state index in [-0.39, 0.29) is 30.5 Å². The van der Waals surface area contributed by atoms with Crippen LogP contribution in [0.5, 0.6) is 5.75 Å². The van der Waals surface area contributed by atoms with Crippen LogP contribution in [0, 0.1) is 5.82 Å². The van der Waals surface area contributed by atoms with E-state index >= 15 is 0 Å². The molecule has 0 saturated heterocycles. The standard InChI is InChI=1S/C18H22FN3O3/c1-11-10-13-16(12(2)25-11)20-21-17(13)18(23)22(3)8-9-24-15-7-5-4-6-14(15)19/h4-7,11-12H,8-10H2,1-3H3,(H,20,21)/t11-,12+/m1/s1. The van der Waals surface area contributed by atoms with E-state index in [0.717, 1.165) is 11.3 Å². The number of hydrogen-bond donors (Lipinski definition) is 1. The lowest BCUT2D eigenvalue weighted by Crippen LogP contribution is -2.32. The van der Waals surface area contributed by atoms with Crippen LogP contribution in [0.2, 0.25) is 0 Å². The predicted molar refractivity (Wildman–Crippen MR) is 90.1 cm³/mol. The molecule has 2 heterocycles. The number of rotatable bonds is 5. The number of H-pyrrole nitrogens is 1. The number of aromatic amines is 1. The first-order valence-corrected chi connectivity index (χ1v) is 8.32. The summed E-state index contributed by atoms with van der Waals surface area (Å²) in [6.45, 7) is 4.45. The molecule has 2 aromatic rings. The maximum Gasteiger partial charge on any atom is 0.274 e. The van der Waals surface area contributed by atoms with Gasteiger partial charge in [0.25, 0.3) is 5.91 Å². The van der Waals surface area contributed by atoms with Crippen molar-refractivity contribution in [3.8, 4) is 5.75 Å². The maximum absolute atomic E-state index is 13.5. The SMILES string of the molecule is C[C@@H]1Cc2c(C(=O)N(C)CCOc3ccccc3F)n[nH]c2[C@H](C)O1. The molecule has 0 unspecified atom stereocenters. The molecule has 7 heteroatoms. The first-order valence-electron chi connectivity index (χ1n) is 8.32. The van der Waals surface area contributed by atoms with E-state index in [1.54, 1.807) is 25.2 Å². The molecule has 1 aromatic carbocycles. The van der Waals surface area contributed by atoms with Gasteiger partial charge in [-0.05, 0) is 26.0 Å². The molecule has 0 spiro atoms. The van der Waals surface area contributed by atoms with Crippen LogP contribution in [-0.2, 0) is 11.2 Å². The molecule has 0 saturated carbocycles. The first kappa shape index (κ1) is 17.4. The van der Waals surface area contributed by atoms with Crippen molar-refractivity contribution in [3.63, 3.8) is 0 Å². The largest absolute Gasteiger partial charge is 0.489 e. The van der Waals surface area contributed by atoms with Crippen molar-refractivity contribution in [2.75, 3.05) is 20.2 Å². The number of halogens is 1. The smallest absolute Gasteiger partial charge is 0.274 e. The minimum Gasteiger partial charge on any atom is -0.489 e. The zero-order valence-electron chi connectivity index (χ0n) is 14.6. The normalized spacial score (nSPS) is 19.4. The van der Waals surface area contributed by atoms with Crippen molar-refractivity contribution in [2.45, 2.75) is 32.5 Å². The van der Waals surface area contributed by atoms with Crippen molar-refractivity contribution in [3.05, 3.63) is 47.0 Å². The Morgan fingerprint density at radius 3 is 2.96 bits per heavy atom. The molecule has 0 aliphatic carbocycles. The van der Waals surface area contributed by atoms with Gasteiger partial charge in [-0.3, -0.25) is 9.89 Å². The lowest BCUT2D eigenvalue weighted by Gasteiger charge is -2.25. The van der Waals surface area contributed by atoms with E-state index in [0.29, 0.717) is 18.7 Å². The summed E-state index contributed by atoms with van der Waals surface area (Å²) in [6.07, 6.45) is 0.584. The number of likely N-dealkylation sites (N-methyl/N-ethyl adjacent to an activating group) is 1. The number of carbonyl (C=O) groups is 1. The van der Waals surface area contributed by atoms with Crippen LogP contribution in [-0.4, -0.2) is 47.3 Å². The van der Waals surface area contributed by atoms with Crippen LogP contribution < -0.4 is 4.74 Å². The lowest BCUT2D eigenvalue weighted by atomic mass is 9.99. The van der Waals surface area contributed by atoms with Crippen LogP contribution in [0.4, 0.5) is 4.39 Å². The molecule has 6 nitrogen and oxygen atoms in total. The van der Waals surface area contributed by atoms with E-state index in [1.165, 1.54) is 11.0 Å². The third kappa shape index (κ3) is 3.66. The Morgan fingerprint density at radius 2 is 2.20 bits per heavy atom. The van der Waals surface area contributed by atoms with Gasteiger partial charge in [-0.2, -0.15) is 5.10 Å². The summed E-state index contributed by atoms with van der Waals surface area (Å²) in [6, 6.07) is 6.20. The second-order valence-electron chi connectivity index (χ2n) is 6.26. The summed E-state index contributed by atoms with van der Waals surface area (Å²) in [7, 11) is 1.68. The van der Waals surface area contributed by atoms with Gasteiger partial charge >= 0.3 is 0 Å². The molecule has 1 aromatic heterocycles. The monoisotopic (exact) mass is 347 g/mol. The number of nitrogens with zero attached hydrogens (tertiary/aromatic N) is 2. The highest BCUT2D eigenvalue weighted by Crippen LogP contribution is 2.30. The highest BCUT2D eigenvalue weighted by molar-refractivity contribution is 5.94. The molecule has 1 N–H and O–H groups in total.